The van der Waals surface area contributed by atoms with E-state index in [0.717, 1.165) is 17.3 Å². The molecule has 2 aromatic rings. The van der Waals surface area contributed by atoms with Crippen molar-refractivity contribution in [3.63, 3.8) is 0 Å². The quantitative estimate of drug-likeness (QED) is 0.471. The van der Waals surface area contributed by atoms with Gasteiger partial charge in [-0.3, -0.25) is 0 Å². The summed E-state index contributed by atoms with van der Waals surface area (Å²) in [6.45, 7) is 0.337. The fourth-order valence-corrected chi connectivity index (χ4v) is 7.04. The van der Waals surface area contributed by atoms with E-state index in [2.05, 4.69) is 14.1 Å². The Balaban J connectivity index is 1.35. The Kier molecular flexibility index (Phi) is 4.04. The number of epoxide rings is 1. The van der Waals surface area contributed by atoms with Crippen molar-refractivity contribution < 1.29 is 23.9 Å². The summed E-state index contributed by atoms with van der Waals surface area (Å²) in [5, 5.41) is 15.1. The van der Waals surface area contributed by atoms with E-state index in [4.69, 9.17) is 9.47 Å². The molecule has 5 unspecified atom stereocenters. The molecule has 0 saturated carbocycles. The molecule has 1 N–H and O–H groups in total. The van der Waals surface area contributed by atoms with Gasteiger partial charge in [-0.1, -0.05) is 12.1 Å². The van der Waals surface area contributed by atoms with Gasteiger partial charge in [0.2, 0.25) is 5.60 Å². The maximum atomic E-state index is 13.1. The molecule has 3 saturated heterocycles. The van der Waals surface area contributed by atoms with Gasteiger partial charge in [0.05, 0.1) is 23.8 Å². The number of fused-ring (bicyclic) bond motifs is 5. The summed E-state index contributed by atoms with van der Waals surface area (Å²) in [7, 11) is 4.54. The van der Waals surface area contributed by atoms with E-state index in [-0.39, 0.29) is 5.92 Å². The van der Waals surface area contributed by atoms with E-state index >= 15 is 0 Å². The van der Waals surface area contributed by atoms with Gasteiger partial charge < -0.3 is 19.1 Å². The van der Waals surface area contributed by atoms with Crippen LogP contribution in [0.2, 0.25) is 0 Å². The first kappa shape index (κ1) is 17.8. The number of hydrogen-bond donors (Lipinski definition) is 1. The van der Waals surface area contributed by atoms with E-state index in [9.17, 15) is 9.90 Å². The Hall–Kier alpha value is -1.25. The SMILES string of the molecule is C[N+]1(C)C2CCC(COC(=O)C(O)(c3cccs3)c3cccs3)C1C1OC12. The first-order valence-corrected chi connectivity index (χ1v) is 11.2. The van der Waals surface area contributed by atoms with Crippen LogP contribution in [0.5, 0.6) is 0 Å². The second-order valence-corrected chi connectivity index (χ2v) is 10.2. The topological polar surface area (TPSA) is 59.1 Å². The van der Waals surface area contributed by atoms with Gasteiger partial charge in [0.1, 0.15) is 30.9 Å². The standard InChI is InChI=1S/C20H24NO4S2/c1-21(2)13-8-7-12(16(21)18-17(13)25-18)11-24-19(22)20(23,14-5-3-9-26-14)15-6-4-10-27-15/h3-6,9-10,12-13,16-18,23H,7-8,11H2,1-2H3/q+1. The third-order valence-electron chi connectivity index (χ3n) is 6.70. The van der Waals surface area contributed by atoms with Crippen molar-refractivity contribution in [3.05, 3.63) is 44.8 Å². The number of esters is 1. The Morgan fingerprint density at radius 3 is 2.48 bits per heavy atom. The summed E-state index contributed by atoms with van der Waals surface area (Å²) in [5.74, 6) is -0.306. The molecule has 27 heavy (non-hydrogen) atoms. The van der Waals surface area contributed by atoms with Gasteiger partial charge in [0, 0.05) is 12.3 Å². The predicted molar refractivity (Wildman–Crippen MR) is 104 cm³/mol. The second kappa shape index (κ2) is 6.12. The first-order chi connectivity index (χ1) is 12.9. The maximum Gasteiger partial charge on any atom is 0.349 e. The monoisotopic (exact) mass is 406 g/mol. The highest BCUT2D eigenvalue weighted by atomic mass is 32.1. The van der Waals surface area contributed by atoms with Gasteiger partial charge in [-0.2, -0.15) is 0 Å². The number of nitrogens with zero attached hydrogens (tertiary/aromatic N) is 1. The number of hydrogen-bond acceptors (Lipinski definition) is 6. The van der Waals surface area contributed by atoms with Crippen LogP contribution in [0, 0.1) is 5.92 Å². The van der Waals surface area contributed by atoms with Crippen LogP contribution < -0.4 is 0 Å². The zero-order valence-corrected chi connectivity index (χ0v) is 17.0. The lowest BCUT2D eigenvalue weighted by Crippen LogP contribution is -2.60. The second-order valence-electron chi connectivity index (χ2n) is 8.35. The highest BCUT2D eigenvalue weighted by Crippen LogP contribution is 2.53. The molecule has 0 radical (unpaired) electrons. The van der Waals surface area contributed by atoms with Crippen molar-refractivity contribution in [1.29, 1.82) is 0 Å². The normalized spacial score (nSPS) is 33.5. The van der Waals surface area contributed by atoms with Crippen LogP contribution in [0.25, 0.3) is 0 Å². The van der Waals surface area contributed by atoms with Crippen molar-refractivity contribution in [3.8, 4) is 0 Å². The van der Waals surface area contributed by atoms with Crippen molar-refractivity contribution in [2.45, 2.75) is 42.7 Å². The summed E-state index contributed by atoms with van der Waals surface area (Å²) in [4.78, 5) is 14.3. The van der Waals surface area contributed by atoms with Crippen LogP contribution in [0.1, 0.15) is 22.6 Å². The number of ether oxygens (including phenoxy) is 2. The van der Waals surface area contributed by atoms with Crippen molar-refractivity contribution >= 4 is 28.6 Å². The van der Waals surface area contributed by atoms with E-state index < -0.39 is 11.6 Å². The number of morpholine rings is 1. The number of carbonyl (C=O) groups is 1. The average molecular weight is 407 g/mol. The molecule has 3 aliphatic heterocycles. The summed E-state index contributed by atoms with van der Waals surface area (Å²) in [6, 6.07) is 8.21. The number of likely N-dealkylation sites (N-methyl/N-ethyl adjacent to an activating group) is 1. The van der Waals surface area contributed by atoms with Gasteiger partial charge >= 0.3 is 5.97 Å². The van der Waals surface area contributed by atoms with Crippen LogP contribution in [0.4, 0.5) is 0 Å². The molecule has 2 bridgehead atoms. The van der Waals surface area contributed by atoms with E-state index in [1.807, 2.05) is 22.9 Å². The number of thiophene rings is 2. The van der Waals surface area contributed by atoms with E-state index in [1.54, 1.807) is 12.1 Å². The van der Waals surface area contributed by atoms with Gasteiger partial charge in [0.15, 0.2) is 0 Å². The summed E-state index contributed by atoms with van der Waals surface area (Å²) in [5.41, 5.74) is -1.72. The fourth-order valence-electron chi connectivity index (χ4n) is 5.32. The molecule has 0 amide bonds. The van der Waals surface area contributed by atoms with Gasteiger partial charge in [-0.05, 0) is 29.3 Å². The molecule has 2 aromatic heterocycles. The average Bonchev–Trinajstić information content (AvgIpc) is 3.04. The third-order valence-corrected chi connectivity index (χ3v) is 8.65. The first-order valence-electron chi connectivity index (χ1n) is 9.40. The molecule has 5 rings (SSSR count). The number of piperidine rings is 1. The van der Waals surface area contributed by atoms with Crippen LogP contribution in [-0.4, -0.2) is 60.6 Å². The molecular weight excluding hydrogens is 382 g/mol. The molecule has 144 valence electrons. The zero-order valence-electron chi connectivity index (χ0n) is 15.4. The van der Waals surface area contributed by atoms with Gasteiger partial charge in [0.25, 0.3) is 0 Å². The lowest BCUT2D eigenvalue weighted by molar-refractivity contribution is -0.941. The Morgan fingerprint density at radius 1 is 1.22 bits per heavy atom. The Morgan fingerprint density at radius 2 is 1.89 bits per heavy atom. The molecule has 3 aliphatic rings. The minimum absolute atomic E-state index is 0.272. The summed E-state index contributed by atoms with van der Waals surface area (Å²) < 4.78 is 12.6. The van der Waals surface area contributed by atoms with Crippen molar-refractivity contribution in [2.24, 2.45) is 5.92 Å². The maximum absolute atomic E-state index is 13.1. The molecule has 3 fully saturated rings. The van der Waals surface area contributed by atoms with Crippen LogP contribution in [0.15, 0.2) is 35.0 Å². The number of quaternary nitrogens is 1. The van der Waals surface area contributed by atoms with Gasteiger partial charge in [-0.15, -0.1) is 22.7 Å². The molecular formula is C20H24NO4S2+. The Bertz CT molecular complexity index is 798. The lowest BCUT2D eigenvalue weighted by atomic mass is 9.88. The van der Waals surface area contributed by atoms with Crippen molar-refractivity contribution in [2.75, 3.05) is 20.7 Å². The van der Waals surface area contributed by atoms with Gasteiger partial charge in [-0.25, -0.2) is 4.79 Å². The van der Waals surface area contributed by atoms with Crippen LogP contribution >= 0.6 is 22.7 Å². The Labute approximate surface area is 166 Å². The number of rotatable bonds is 5. The lowest BCUT2D eigenvalue weighted by Gasteiger charge is -2.46. The predicted octanol–water partition coefficient (Wildman–Crippen LogP) is 2.59. The van der Waals surface area contributed by atoms with E-state index in [0.29, 0.717) is 40.7 Å². The molecule has 0 aromatic carbocycles. The number of carbonyl (C=O) groups excluding carboxylic acids is 1. The molecule has 0 spiro atoms. The molecule has 5 heterocycles. The highest BCUT2D eigenvalue weighted by Gasteiger charge is 2.71. The smallest absolute Gasteiger partial charge is 0.349 e. The van der Waals surface area contributed by atoms with Crippen molar-refractivity contribution in [1.82, 2.24) is 0 Å². The molecule has 7 heteroatoms. The molecule has 0 aliphatic carbocycles. The summed E-state index contributed by atoms with van der Waals surface area (Å²) in [6.07, 6.45) is 2.86. The zero-order chi connectivity index (χ0) is 18.8. The minimum Gasteiger partial charge on any atom is -0.462 e. The van der Waals surface area contributed by atoms with E-state index in [1.165, 1.54) is 22.7 Å². The van der Waals surface area contributed by atoms with Crippen LogP contribution in [0.3, 0.4) is 0 Å². The summed E-state index contributed by atoms with van der Waals surface area (Å²) >= 11 is 2.74. The molecule has 5 atom stereocenters. The third kappa shape index (κ3) is 2.56. The fraction of sp³-hybridized carbons (Fsp3) is 0.550. The molecule has 5 nitrogen and oxygen atoms in total. The highest BCUT2D eigenvalue weighted by molar-refractivity contribution is 7.12. The minimum atomic E-state index is -1.72. The number of aliphatic hydroxyl groups is 1. The van der Waals surface area contributed by atoms with Crippen LogP contribution in [-0.2, 0) is 19.9 Å². The largest absolute Gasteiger partial charge is 0.462 e.